The van der Waals surface area contributed by atoms with E-state index in [0.717, 1.165) is 27.9 Å². The van der Waals surface area contributed by atoms with Gasteiger partial charge in [0.25, 0.3) is 0 Å². The Hall–Kier alpha value is -3.48. The molecule has 0 spiro atoms. The van der Waals surface area contributed by atoms with Crippen molar-refractivity contribution in [2.24, 2.45) is 0 Å². The van der Waals surface area contributed by atoms with E-state index in [-0.39, 0.29) is 12.1 Å². The maximum absolute atomic E-state index is 14.0. The number of hydrogen-bond acceptors (Lipinski definition) is 4. The lowest BCUT2D eigenvalue weighted by Crippen LogP contribution is -2.05. The standard InChI is InChI=1S/C20H17F2N5/c1-11-7-17(25-10-14-15(21)3-2-4-16(14)22)19-13(9-26-20(19)27-11)12-5-6-24-18(23)8-12/h2-9H,10H2,1H3,(H2,23,24)(H2,25,26,27). The third-order valence-corrected chi connectivity index (χ3v) is 4.38. The summed E-state index contributed by atoms with van der Waals surface area (Å²) in [6.45, 7) is 1.87. The van der Waals surface area contributed by atoms with Crippen LogP contribution in [0.4, 0.5) is 20.3 Å². The lowest BCUT2D eigenvalue weighted by molar-refractivity contribution is 0.560. The van der Waals surface area contributed by atoms with Gasteiger partial charge in [-0.3, -0.25) is 0 Å². The summed E-state index contributed by atoms with van der Waals surface area (Å²) in [6.07, 6.45) is 3.47. The van der Waals surface area contributed by atoms with E-state index in [1.165, 1.54) is 18.2 Å². The molecular formula is C20H17F2N5. The van der Waals surface area contributed by atoms with Crippen LogP contribution in [0.15, 0.2) is 48.8 Å². The van der Waals surface area contributed by atoms with Crippen molar-refractivity contribution in [2.75, 3.05) is 11.1 Å². The molecule has 0 bridgehead atoms. The first-order valence-corrected chi connectivity index (χ1v) is 8.40. The maximum Gasteiger partial charge on any atom is 0.140 e. The highest BCUT2D eigenvalue weighted by Gasteiger charge is 2.15. The number of rotatable bonds is 4. The molecule has 4 aromatic rings. The van der Waals surface area contributed by atoms with Gasteiger partial charge in [-0.15, -0.1) is 0 Å². The van der Waals surface area contributed by atoms with Crippen molar-refractivity contribution in [3.05, 3.63) is 71.7 Å². The van der Waals surface area contributed by atoms with Crippen molar-refractivity contribution in [1.29, 1.82) is 0 Å². The van der Waals surface area contributed by atoms with Crippen molar-refractivity contribution in [3.8, 4) is 11.1 Å². The molecule has 0 fully saturated rings. The van der Waals surface area contributed by atoms with Gasteiger partial charge >= 0.3 is 0 Å². The number of benzene rings is 1. The normalized spacial score (nSPS) is 11.1. The molecule has 0 aliphatic rings. The topological polar surface area (TPSA) is 79.6 Å². The smallest absolute Gasteiger partial charge is 0.140 e. The van der Waals surface area contributed by atoms with Gasteiger partial charge in [0.1, 0.15) is 23.1 Å². The van der Waals surface area contributed by atoms with E-state index < -0.39 is 11.6 Å². The minimum atomic E-state index is -0.583. The Bertz CT molecular complexity index is 1120. The number of pyridine rings is 2. The van der Waals surface area contributed by atoms with Crippen molar-refractivity contribution in [3.63, 3.8) is 0 Å². The molecule has 4 rings (SSSR count). The van der Waals surface area contributed by atoms with E-state index in [9.17, 15) is 8.78 Å². The van der Waals surface area contributed by atoms with Crippen molar-refractivity contribution in [2.45, 2.75) is 13.5 Å². The number of hydrogen-bond donors (Lipinski definition) is 3. The van der Waals surface area contributed by atoms with Gasteiger partial charge in [-0.2, -0.15) is 0 Å². The second kappa shape index (κ2) is 6.68. The molecule has 1 aromatic carbocycles. The third-order valence-electron chi connectivity index (χ3n) is 4.38. The molecule has 136 valence electrons. The van der Waals surface area contributed by atoms with Crippen LogP contribution in [0.25, 0.3) is 22.2 Å². The summed E-state index contributed by atoms with van der Waals surface area (Å²) in [7, 11) is 0. The monoisotopic (exact) mass is 365 g/mol. The Kier molecular flexibility index (Phi) is 4.19. The summed E-state index contributed by atoms with van der Waals surface area (Å²) in [5, 5.41) is 3.97. The maximum atomic E-state index is 14.0. The fraction of sp³-hybridized carbons (Fsp3) is 0.100. The molecule has 3 heterocycles. The second-order valence-electron chi connectivity index (χ2n) is 6.26. The Morgan fingerprint density at radius 2 is 1.93 bits per heavy atom. The van der Waals surface area contributed by atoms with Crippen molar-refractivity contribution in [1.82, 2.24) is 15.0 Å². The first kappa shape index (κ1) is 17.0. The van der Waals surface area contributed by atoms with Crippen LogP contribution in [0.3, 0.4) is 0 Å². The van der Waals surface area contributed by atoms with Crippen LogP contribution >= 0.6 is 0 Å². The fourth-order valence-electron chi connectivity index (χ4n) is 3.13. The van der Waals surface area contributed by atoms with Gasteiger partial charge in [0.2, 0.25) is 0 Å². The number of fused-ring (bicyclic) bond motifs is 1. The average molecular weight is 365 g/mol. The summed E-state index contributed by atoms with van der Waals surface area (Å²) in [5.74, 6) is -0.758. The van der Waals surface area contributed by atoms with Crippen LogP contribution in [-0.2, 0) is 6.54 Å². The van der Waals surface area contributed by atoms with Gasteiger partial charge in [0.15, 0.2) is 0 Å². The predicted octanol–water partition coefficient (Wildman–Crippen LogP) is 4.41. The zero-order valence-corrected chi connectivity index (χ0v) is 14.6. The van der Waals surface area contributed by atoms with Crippen LogP contribution in [0.1, 0.15) is 11.3 Å². The number of aromatic amines is 1. The van der Waals surface area contributed by atoms with E-state index in [4.69, 9.17) is 5.73 Å². The molecule has 3 aromatic heterocycles. The van der Waals surface area contributed by atoms with Crippen molar-refractivity contribution >= 4 is 22.5 Å². The molecule has 27 heavy (non-hydrogen) atoms. The number of aromatic nitrogens is 3. The first-order chi connectivity index (χ1) is 13.0. The largest absolute Gasteiger partial charge is 0.384 e. The van der Waals surface area contributed by atoms with E-state index in [1.54, 1.807) is 12.3 Å². The number of nitrogens with one attached hydrogen (secondary N) is 2. The molecule has 0 aliphatic carbocycles. The molecule has 0 atom stereocenters. The molecule has 0 saturated heterocycles. The molecule has 0 unspecified atom stereocenters. The molecule has 0 saturated carbocycles. The number of anilines is 2. The molecule has 0 radical (unpaired) electrons. The number of aryl methyl sites for hydroxylation is 1. The highest BCUT2D eigenvalue weighted by Crippen LogP contribution is 2.34. The summed E-state index contributed by atoms with van der Waals surface area (Å²) in [4.78, 5) is 11.7. The zero-order chi connectivity index (χ0) is 19.0. The molecule has 0 amide bonds. The Morgan fingerprint density at radius 1 is 1.15 bits per heavy atom. The van der Waals surface area contributed by atoms with Crippen LogP contribution in [-0.4, -0.2) is 15.0 Å². The SMILES string of the molecule is Cc1cc(NCc2c(F)cccc2F)c2c(-c3ccnc(N)c3)c[nH]c2n1. The van der Waals surface area contributed by atoms with Gasteiger partial charge in [-0.05, 0) is 42.8 Å². The lowest BCUT2D eigenvalue weighted by Gasteiger charge is -2.12. The quantitative estimate of drug-likeness (QED) is 0.501. The zero-order valence-electron chi connectivity index (χ0n) is 14.6. The van der Waals surface area contributed by atoms with Crippen LogP contribution in [0.2, 0.25) is 0 Å². The molecule has 5 nitrogen and oxygen atoms in total. The number of nitrogens with two attached hydrogens (primary N) is 1. The molecular weight excluding hydrogens is 348 g/mol. The minimum absolute atomic E-state index is 0.00893. The number of halogens is 2. The molecule has 4 N–H and O–H groups in total. The highest BCUT2D eigenvalue weighted by molar-refractivity contribution is 6.02. The summed E-state index contributed by atoms with van der Waals surface area (Å²) in [5.41, 5.74) is 9.73. The van der Waals surface area contributed by atoms with Gasteiger partial charge in [-0.1, -0.05) is 6.07 Å². The summed E-state index contributed by atoms with van der Waals surface area (Å²) >= 11 is 0. The van der Waals surface area contributed by atoms with Crippen molar-refractivity contribution < 1.29 is 8.78 Å². The van der Waals surface area contributed by atoms with Gasteiger partial charge in [0.05, 0.1) is 0 Å². The average Bonchev–Trinajstić information content (AvgIpc) is 3.05. The van der Waals surface area contributed by atoms with E-state index in [1.807, 2.05) is 25.3 Å². The first-order valence-electron chi connectivity index (χ1n) is 8.40. The number of nitrogens with zero attached hydrogens (tertiary/aromatic N) is 2. The van der Waals surface area contributed by atoms with Crippen LogP contribution < -0.4 is 11.1 Å². The van der Waals surface area contributed by atoms with Gasteiger partial charge in [0, 0.05) is 46.8 Å². The van der Waals surface area contributed by atoms with E-state index in [0.29, 0.717) is 11.5 Å². The fourth-order valence-corrected chi connectivity index (χ4v) is 3.13. The van der Waals surface area contributed by atoms with E-state index in [2.05, 4.69) is 20.3 Å². The van der Waals surface area contributed by atoms with Crippen LogP contribution in [0.5, 0.6) is 0 Å². The number of H-pyrrole nitrogens is 1. The summed E-state index contributed by atoms with van der Waals surface area (Å²) in [6, 6.07) is 9.30. The molecule has 0 aliphatic heterocycles. The Labute approximate surface area is 154 Å². The highest BCUT2D eigenvalue weighted by atomic mass is 19.1. The van der Waals surface area contributed by atoms with E-state index >= 15 is 0 Å². The van der Waals surface area contributed by atoms with Gasteiger partial charge < -0.3 is 16.0 Å². The second-order valence-corrected chi connectivity index (χ2v) is 6.26. The Morgan fingerprint density at radius 3 is 2.67 bits per heavy atom. The Balaban J connectivity index is 1.79. The predicted molar refractivity (Wildman–Crippen MR) is 102 cm³/mol. The molecule has 7 heteroatoms. The van der Waals surface area contributed by atoms with Crippen LogP contribution in [0, 0.1) is 18.6 Å². The third kappa shape index (κ3) is 3.19. The lowest BCUT2D eigenvalue weighted by atomic mass is 10.1. The minimum Gasteiger partial charge on any atom is -0.384 e. The van der Waals surface area contributed by atoms with Gasteiger partial charge in [-0.25, -0.2) is 18.7 Å². The number of nitrogen functional groups attached to an aromatic ring is 1. The summed E-state index contributed by atoms with van der Waals surface area (Å²) < 4.78 is 27.9.